The smallest absolute Gasteiger partial charge is 0.00715 e. The summed E-state index contributed by atoms with van der Waals surface area (Å²) in [6.45, 7) is 4.39. The second-order valence-electron chi connectivity index (χ2n) is 5.16. The van der Waals surface area contributed by atoms with Gasteiger partial charge in [-0.25, -0.2) is 0 Å². The number of rotatable bonds is 13. The molecule has 0 aromatic heterocycles. The molecule has 0 unspecified atom stereocenters. The van der Waals surface area contributed by atoms with E-state index in [1.54, 1.807) is 0 Å². The normalized spacial score (nSPS) is 10.6. The minimum Gasteiger partial charge on any atom is -0.0897 e. The van der Waals surface area contributed by atoms with E-state index >= 15 is 0 Å². The van der Waals surface area contributed by atoms with Crippen LogP contribution < -0.4 is 0 Å². The molecule has 2 heteroatoms. The van der Waals surface area contributed by atoms with Gasteiger partial charge in [0.25, 0.3) is 0 Å². The van der Waals surface area contributed by atoms with Crippen molar-refractivity contribution >= 4 is 34.2 Å². The molecule has 0 bridgehead atoms. The van der Waals surface area contributed by atoms with Crippen molar-refractivity contribution in [3.8, 4) is 0 Å². The molecule has 0 saturated carbocycles. The standard InChI is InChI=1S/C16H30S2/c1-3-5-12-16(18)14-11-9-7-6-8-10-13-15(17)4-2/h3-14H2,1-2H3. The average molecular weight is 287 g/mol. The monoisotopic (exact) mass is 286 g/mol. The van der Waals surface area contributed by atoms with E-state index in [0.717, 1.165) is 12.8 Å². The molecule has 0 fully saturated rings. The van der Waals surface area contributed by atoms with Gasteiger partial charge in [0.2, 0.25) is 0 Å². The molecular formula is C16H30S2. The van der Waals surface area contributed by atoms with Crippen LogP contribution in [0.4, 0.5) is 0 Å². The molecule has 0 atom stereocenters. The van der Waals surface area contributed by atoms with E-state index in [-0.39, 0.29) is 0 Å². The van der Waals surface area contributed by atoms with Gasteiger partial charge in [-0.05, 0) is 54.7 Å². The van der Waals surface area contributed by atoms with Crippen LogP contribution in [0.2, 0.25) is 0 Å². The van der Waals surface area contributed by atoms with Crippen LogP contribution in [0, 0.1) is 0 Å². The van der Waals surface area contributed by atoms with Gasteiger partial charge >= 0.3 is 0 Å². The van der Waals surface area contributed by atoms with Gasteiger partial charge in [-0.2, -0.15) is 0 Å². The summed E-state index contributed by atoms with van der Waals surface area (Å²) >= 11 is 10.6. The lowest BCUT2D eigenvalue weighted by molar-refractivity contribution is 0.606. The van der Waals surface area contributed by atoms with E-state index in [0.29, 0.717) is 0 Å². The van der Waals surface area contributed by atoms with E-state index in [4.69, 9.17) is 24.4 Å². The number of thiocarbonyl (C=S) groups is 2. The fraction of sp³-hybridized carbons (Fsp3) is 0.875. The first-order valence-electron chi connectivity index (χ1n) is 7.74. The van der Waals surface area contributed by atoms with Gasteiger partial charge in [-0.15, -0.1) is 0 Å². The molecular weight excluding hydrogens is 256 g/mol. The lowest BCUT2D eigenvalue weighted by Crippen LogP contribution is -1.94. The molecule has 0 rings (SSSR count). The van der Waals surface area contributed by atoms with Crippen LogP contribution in [0.25, 0.3) is 0 Å². The van der Waals surface area contributed by atoms with E-state index in [1.165, 1.54) is 73.9 Å². The summed E-state index contributed by atoms with van der Waals surface area (Å²) in [7, 11) is 0. The Balaban J connectivity index is 3.16. The van der Waals surface area contributed by atoms with E-state index in [9.17, 15) is 0 Å². The quantitative estimate of drug-likeness (QED) is 0.282. The van der Waals surface area contributed by atoms with Crippen molar-refractivity contribution in [2.75, 3.05) is 0 Å². The van der Waals surface area contributed by atoms with Crippen molar-refractivity contribution in [1.82, 2.24) is 0 Å². The topological polar surface area (TPSA) is 0 Å². The lowest BCUT2D eigenvalue weighted by Gasteiger charge is -2.04. The van der Waals surface area contributed by atoms with Gasteiger partial charge in [-0.3, -0.25) is 0 Å². The SMILES string of the molecule is CCCCC(=S)CCCCCCCCC(=S)CC. The first-order valence-corrected chi connectivity index (χ1v) is 8.55. The largest absolute Gasteiger partial charge is 0.0897 e. The van der Waals surface area contributed by atoms with Crippen LogP contribution in [-0.2, 0) is 0 Å². The summed E-state index contributed by atoms with van der Waals surface area (Å²) in [5, 5.41) is 0. The highest BCUT2D eigenvalue weighted by Gasteiger charge is 1.98. The van der Waals surface area contributed by atoms with Gasteiger partial charge in [0.1, 0.15) is 0 Å². The van der Waals surface area contributed by atoms with Gasteiger partial charge in [0.15, 0.2) is 0 Å². The third-order valence-electron chi connectivity index (χ3n) is 3.36. The predicted molar refractivity (Wildman–Crippen MR) is 91.9 cm³/mol. The Hall–Kier alpha value is 0.180. The molecule has 0 N–H and O–H groups in total. The molecule has 0 amide bonds. The summed E-state index contributed by atoms with van der Waals surface area (Å²) in [6, 6.07) is 0. The fourth-order valence-electron chi connectivity index (χ4n) is 2.03. The molecule has 0 aromatic carbocycles. The molecule has 18 heavy (non-hydrogen) atoms. The first-order chi connectivity index (χ1) is 8.70. The highest BCUT2D eigenvalue weighted by atomic mass is 32.1. The minimum absolute atomic E-state index is 1.07. The average Bonchev–Trinajstić information content (AvgIpc) is 2.38. The van der Waals surface area contributed by atoms with E-state index < -0.39 is 0 Å². The van der Waals surface area contributed by atoms with Gasteiger partial charge in [0.05, 0.1) is 0 Å². The maximum absolute atomic E-state index is 5.37. The van der Waals surface area contributed by atoms with Crippen molar-refractivity contribution in [1.29, 1.82) is 0 Å². The minimum atomic E-state index is 1.07. The van der Waals surface area contributed by atoms with Crippen LogP contribution in [0.1, 0.15) is 90.9 Å². The van der Waals surface area contributed by atoms with Crippen molar-refractivity contribution in [3.05, 3.63) is 0 Å². The Kier molecular flexibility index (Phi) is 13.7. The summed E-state index contributed by atoms with van der Waals surface area (Å²) in [5.74, 6) is 0. The van der Waals surface area contributed by atoms with Crippen LogP contribution in [-0.4, -0.2) is 9.73 Å². The predicted octanol–water partition coefficient (Wildman–Crippen LogP) is 6.45. The summed E-state index contributed by atoms with van der Waals surface area (Å²) < 4.78 is 0. The van der Waals surface area contributed by atoms with Crippen LogP contribution in [0.15, 0.2) is 0 Å². The fourth-order valence-corrected chi connectivity index (χ4v) is 2.46. The van der Waals surface area contributed by atoms with Crippen LogP contribution >= 0.6 is 24.4 Å². The number of unbranched alkanes of at least 4 members (excludes halogenated alkanes) is 6. The Morgan fingerprint density at radius 1 is 0.611 bits per heavy atom. The molecule has 0 aliphatic carbocycles. The third-order valence-corrected chi connectivity index (χ3v) is 4.27. The molecule has 0 spiro atoms. The second-order valence-corrected chi connectivity index (χ2v) is 6.31. The third kappa shape index (κ3) is 12.6. The van der Waals surface area contributed by atoms with Crippen molar-refractivity contribution in [3.63, 3.8) is 0 Å². The zero-order valence-corrected chi connectivity index (χ0v) is 13.9. The van der Waals surface area contributed by atoms with Gasteiger partial charge in [-0.1, -0.05) is 70.4 Å². The molecule has 0 aliphatic heterocycles. The lowest BCUT2D eigenvalue weighted by atomic mass is 10.0. The molecule has 0 nitrogen and oxygen atoms in total. The molecule has 0 aromatic rings. The number of hydrogen-bond acceptors (Lipinski definition) is 2. The second kappa shape index (κ2) is 13.6. The van der Waals surface area contributed by atoms with Crippen LogP contribution in [0.3, 0.4) is 0 Å². The molecule has 0 saturated heterocycles. The Morgan fingerprint density at radius 2 is 1.06 bits per heavy atom. The molecule has 0 radical (unpaired) electrons. The van der Waals surface area contributed by atoms with Crippen LogP contribution in [0.5, 0.6) is 0 Å². The number of hydrogen-bond donors (Lipinski definition) is 0. The van der Waals surface area contributed by atoms with Crippen molar-refractivity contribution in [2.45, 2.75) is 90.9 Å². The van der Waals surface area contributed by atoms with Crippen molar-refractivity contribution in [2.24, 2.45) is 0 Å². The molecule has 0 aliphatic rings. The van der Waals surface area contributed by atoms with E-state index in [2.05, 4.69) is 13.8 Å². The molecule has 0 heterocycles. The summed E-state index contributed by atoms with van der Waals surface area (Å²) in [6.07, 6.45) is 15.1. The maximum Gasteiger partial charge on any atom is -0.00715 e. The highest BCUT2D eigenvalue weighted by Crippen LogP contribution is 2.11. The highest BCUT2D eigenvalue weighted by molar-refractivity contribution is 7.80. The zero-order chi connectivity index (χ0) is 13.6. The molecule has 106 valence electrons. The first kappa shape index (κ1) is 18.2. The Morgan fingerprint density at radius 3 is 1.56 bits per heavy atom. The van der Waals surface area contributed by atoms with E-state index in [1.807, 2.05) is 0 Å². The van der Waals surface area contributed by atoms with Crippen molar-refractivity contribution < 1.29 is 0 Å². The summed E-state index contributed by atoms with van der Waals surface area (Å²) in [4.78, 5) is 2.54. The maximum atomic E-state index is 5.37. The Bertz CT molecular complexity index is 221. The Labute approximate surface area is 125 Å². The zero-order valence-electron chi connectivity index (χ0n) is 12.3. The van der Waals surface area contributed by atoms with Gasteiger partial charge in [0, 0.05) is 0 Å². The summed E-state index contributed by atoms with van der Waals surface area (Å²) in [5.41, 5.74) is 0. The van der Waals surface area contributed by atoms with Gasteiger partial charge < -0.3 is 0 Å².